The van der Waals surface area contributed by atoms with Crippen LogP contribution >= 0.6 is 11.3 Å². The average molecular weight is 468 g/mol. The smallest absolute Gasteiger partial charge is 0.264 e. The number of amides is 1. The van der Waals surface area contributed by atoms with Crippen LogP contribution in [-0.2, 0) is 16.6 Å². The van der Waals surface area contributed by atoms with Crippen molar-refractivity contribution in [3.8, 4) is 10.8 Å². The molecule has 9 heteroatoms. The summed E-state index contributed by atoms with van der Waals surface area (Å²) in [6, 6.07) is 16.9. The van der Waals surface area contributed by atoms with E-state index in [-0.39, 0.29) is 17.3 Å². The lowest BCUT2D eigenvalue weighted by atomic mass is 10.2. The van der Waals surface area contributed by atoms with Crippen LogP contribution in [0.25, 0.3) is 10.8 Å². The van der Waals surface area contributed by atoms with Crippen LogP contribution in [0.4, 0.5) is 5.69 Å². The minimum absolute atomic E-state index is 0.210. The van der Waals surface area contributed by atoms with Crippen molar-refractivity contribution >= 4 is 33.0 Å². The highest BCUT2D eigenvalue weighted by molar-refractivity contribution is 7.92. The molecule has 2 aromatic carbocycles. The molecule has 0 aliphatic rings. The van der Waals surface area contributed by atoms with Crippen LogP contribution < -0.4 is 9.62 Å². The largest absolute Gasteiger partial charge is 0.443 e. The third-order valence-electron chi connectivity index (χ3n) is 4.89. The van der Waals surface area contributed by atoms with Crippen molar-refractivity contribution in [1.82, 2.24) is 10.3 Å². The van der Waals surface area contributed by atoms with E-state index in [1.165, 1.54) is 29.0 Å². The van der Waals surface area contributed by atoms with Crippen LogP contribution in [0, 0.1) is 6.92 Å². The monoisotopic (exact) mass is 467 g/mol. The molecule has 1 N–H and O–H groups in total. The van der Waals surface area contributed by atoms with Gasteiger partial charge in [-0.2, -0.15) is 0 Å². The van der Waals surface area contributed by atoms with Gasteiger partial charge in [-0.05, 0) is 54.8 Å². The Hall–Kier alpha value is -3.43. The van der Waals surface area contributed by atoms with Crippen LogP contribution in [0.2, 0.25) is 0 Å². The van der Waals surface area contributed by atoms with Gasteiger partial charge in [0.05, 0.1) is 27.7 Å². The molecule has 4 aromatic rings. The van der Waals surface area contributed by atoms with E-state index in [0.717, 1.165) is 10.4 Å². The molecule has 2 heterocycles. The lowest BCUT2D eigenvalue weighted by molar-refractivity contribution is 0.0950. The maximum Gasteiger partial charge on any atom is 0.264 e. The van der Waals surface area contributed by atoms with E-state index in [0.29, 0.717) is 22.8 Å². The number of aryl methyl sites for hydroxylation is 1. The molecule has 0 fully saturated rings. The highest BCUT2D eigenvalue weighted by atomic mass is 32.2. The van der Waals surface area contributed by atoms with Crippen molar-refractivity contribution in [2.75, 3.05) is 11.4 Å². The molecule has 0 spiro atoms. The van der Waals surface area contributed by atoms with Gasteiger partial charge in [0.25, 0.3) is 15.9 Å². The highest BCUT2D eigenvalue weighted by Gasteiger charge is 2.21. The standard InChI is InChI=1S/C23H21N3O4S2/c1-16-5-11-20(12-6-16)32(28,29)26(2)19-9-7-17(8-10-19)22(27)24-14-18-15-30-23(25-18)21-4-3-13-31-21/h3-13,15H,14H2,1-2H3,(H,24,27). The molecule has 0 saturated heterocycles. The fraction of sp³-hybridized carbons (Fsp3) is 0.130. The van der Waals surface area contributed by atoms with E-state index in [2.05, 4.69) is 10.3 Å². The molecule has 0 aliphatic heterocycles. The predicted octanol–water partition coefficient (Wildman–Crippen LogP) is 4.47. The topological polar surface area (TPSA) is 92.5 Å². The number of hydrogen-bond donors (Lipinski definition) is 1. The highest BCUT2D eigenvalue weighted by Crippen LogP contribution is 2.24. The van der Waals surface area contributed by atoms with E-state index >= 15 is 0 Å². The van der Waals surface area contributed by atoms with E-state index in [4.69, 9.17) is 4.42 Å². The summed E-state index contributed by atoms with van der Waals surface area (Å²) in [4.78, 5) is 18.0. The van der Waals surface area contributed by atoms with Crippen LogP contribution in [0.1, 0.15) is 21.6 Å². The molecule has 164 valence electrons. The van der Waals surface area contributed by atoms with Gasteiger partial charge in [-0.25, -0.2) is 13.4 Å². The van der Waals surface area contributed by atoms with E-state index in [9.17, 15) is 13.2 Å². The summed E-state index contributed by atoms with van der Waals surface area (Å²) in [6.45, 7) is 2.12. The Balaban J connectivity index is 1.40. The maximum atomic E-state index is 12.8. The molecule has 4 rings (SSSR count). The fourth-order valence-electron chi connectivity index (χ4n) is 3.00. The number of benzene rings is 2. The molecule has 0 radical (unpaired) electrons. The number of hydrogen-bond acceptors (Lipinski definition) is 6. The molecule has 0 aliphatic carbocycles. The Kier molecular flexibility index (Phi) is 6.11. The molecule has 1 amide bonds. The van der Waals surface area contributed by atoms with Gasteiger partial charge in [0.15, 0.2) is 0 Å². The second kappa shape index (κ2) is 8.97. The summed E-state index contributed by atoms with van der Waals surface area (Å²) in [7, 11) is -2.20. The van der Waals surface area contributed by atoms with Crippen LogP contribution in [0.5, 0.6) is 0 Å². The Morgan fingerprint density at radius 1 is 1.09 bits per heavy atom. The zero-order valence-corrected chi connectivity index (χ0v) is 19.1. The van der Waals surface area contributed by atoms with Crippen molar-refractivity contribution in [2.24, 2.45) is 0 Å². The summed E-state index contributed by atoms with van der Waals surface area (Å²) in [6.07, 6.45) is 1.52. The first-order valence-electron chi connectivity index (χ1n) is 9.77. The predicted molar refractivity (Wildman–Crippen MR) is 124 cm³/mol. The Morgan fingerprint density at radius 3 is 2.47 bits per heavy atom. The first kappa shape index (κ1) is 21.8. The van der Waals surface area contributed by atoms with Crippen LogP contribution in [0.15, 0.2) is 81.6 Å². The number of oxazole rings is 1. The number of anilines is 1. The number of aromatic nitrogens is 1. The number of sulfonamides is 1. The van der Waals surface area contributed by atoms with Crippen molar-refractivity contribution in [3.05, 3.63) is 89.1 Å². The molecular weight excluding hydrogens is 446 g/mol. The number of thiophene rings is 1. The van der Waals surface area contributed by atoms with E-state index < -0.39 is 10.0 Å². The summed E-state index contributed by atoms with van der Waals surface area (Å²) in [5.74, 6) is 0.229. The Labute approximate surface area is 190 Å². The first-order valence-corrected chi connectivity index (χ1v) is 12.1. The van der Waals surface area contributed by atoms with Gasteiger partial charge in [-0.15, -0.1) is 11.3 Å². The van der Waals surface area contributed by atoms with Gasteiger partial charge >= 0.3 is 0 Å². The zero-order valence-electron chi connectivity index (χ0n) is 17.5. The van der Waals surface area contributed by atoms with Gasteiger partial charge in [0.1, 0.15) is 6.26 Å². The van der Waals surface area contributed by atoms with Crippen molar-refractivity contribution in [3.63, 3.8) is 0 Å². The summed E-state index contributed by atoms with van der Waals surface area (Å²) >= 11 is 1.52. The third kappa shape index (κ3) is 4.58. The number of carbonyl (C=O) groups excluding carboxylic acids is 1. The average Bonchev–Trinajstić information content (AvgIpc) is 3.49. The van der Waals surface area contributed by atoms with Crippen molar-refractivity contribution in [2.45, 2.75) is 18.4 Å². The second-order valence-corrected chi connectivity index (χ2v) is 10.1. The molecule has 2 aromatic heterocycles. The minimum atomic E-state index is -3.69. The molecular formula is C23H21N3O4S2. The quantitative estimate of drug-likeness (QED) is 0.433. The number of carbonyl (C=O) groups is 1. The lowest BCUT2D eigenvalue weighted by Gasteiger charge is -2.20. The van der Waals surface area contributed by atoms with Crippen molar-refractivity contribution < 1.29 is 17.6 Å². The minimum Gasteiger partial charge on any atom is -0.443 e. The van der Waals surface area contributed by atoms with E-state index in [1.807, 2.05) is 24.4 Å². The van der Waals surface area contributed by atoms with Gasteiger partial charge in [-0.1, -0.05) is 23.8 Å². The van der Waals surface area contributed by atoms with Crippen LogP contribution in [-0.4, -0.2) is 26.4 Å². The Bertz CT molecular complexity index is 1310. The van der Waals surface area contributed by atoms with Gasteiger partial charge in [-0.3, -0.25) is 9.10 Å². The Morgan fingerprint density at radius 2 is 1.81 bits per heavy atom. The third-order valence-corrected chi connectivity index (χ3v) is 7.54. The molecule has 0 atom stereocenters. The van der Waals surface area contributed by atoms with Gasteiger partial charge in [0, 0.05) is 12.6 Å². The summed E-state index contributed by atoms with van der Waals surface area (Å²) < 4.78 is 32.3. The molecule has 32 heavy (non-hydrogen) atoms. The second-order valence-electron chi connectivity index (χ2n) is 7.14. The maximum absolute atomic E-state index is 12.8. The van der Waals surface area contributed by atoms with Gasteiger partial charge < -0.3 is 9.73 Å². The number of nitrogens with one attached hydrogen (secondary N) is 1. The lowest BCUT2D eigenvalue weighted by Crippen LogP contribution is -2.27. The normalized spacial score (nSPS) is 11.3. The molecule has 0 bridgehead atoms. The first-order chi connectivity index (χ1) is 15.3. The summed E-state index contributed by atoms with van der Waals surface area (Å²) in [5, 5.41) is 4.73. The zero-order chi connectivity index (χ0) is 22.7. The molecule has 7 nitrogen and oxygen atoms in total. The number of rotatable bonds is 7. The number of nitrogens with zero attached hydrogens (tertiary/aromatic N) is 2. The van der Waals surface area contributed by atoms with Crippen molar-refractivity contribution in [1.29, 1.82) is 0 Å². The van der Waals surface area contributed by atoms with E-state index in [1.54, 1.807) is 48.5 Å². The molecule has 0 saturated carbocycles. The van der Waals surface area contributed by atoms with Gasteiger partial charge in [0.2, 0.25) is 5.89 Å². The summed E-state index contributed by atoms with van der Waals surface area (Å²) in [5.41, 5.74) is 2.47. The molecule has 0 unspecified atom stereocenters. The van der Waals surface area contributed by atoms with Crippen LogP contribution in [0.3, 0.4) is 0 Å². The fourth-order valence-corrected chi connectivity index (χ4v) is 4.86. The SMILES string of the molecule is Cc1ccc(S(=O)(=O)N(C)c2ccc(C(=O)NCc3coc(-c4cccs4)n3)cc2)cc1.